The van der Waals surface area contributed by atoms with Crippen LogP contribution in [0, 0.1) is 5.82 Å². The number of nitrogens with one attached hydrogen (secondary N) is 1. The van der Waals surface area contributed by atoms with E-state index in [9.17, 15) is 0 Å². The zero-order valence-corrected chi connectivity index (χ0v) is 23.5. The second-order valence-corrected chi connectivity index (χ2v) is 12.1. The number of rotatable bonds is 7. The monoisotopic (exact) mass is 574 g/mol. The van der Waals surface area contributed by atoms with Gasteiger partial charge in [0.15, 0.2) is 5.82 Å². The molecule has 0 radical (unpaired) electrons. The SMILES string of the molecule is Fc1c(-c2cccc3cccc(Cl)c23)ncc2c(N3CC4CCC(C3)N4)nc(OCCCN3C[C@@H]4C[C@H]3CO4)nc12. The third kappa shape index (κ3) is 4.59. The number of nitrogens with zero attached hydrogens (tertiary/aromatic N) is 5. The Labute approximate surface area is 242 Å². The Hall–Kier alpha value is -3.11. The minimum absolute atomic E-state index is 0.205. The number of hydrogen-bond acceptors (Lipinski definition) is 8. The maximum absolute atomic E-state index is 16.5. The van der Waals surface area contributed by atoms with E-state index < -0.39 is 5.82 Å². The molecule has 4 aliphatic heterocycles. The largest absolute Gasteiger partial charge is 0.463 e. The van der Waals surface area contributed by atoms with Crippen LogP contribution in [0.25, 0.3) is 32.9 Å². The smallest absolute Gasteiger partial charge is 0.319 e. The zero-order chi connectivity index (χ0) is 27.5. The van der Waals surface area contributed by atoms with Gasteiger partial charge in [-0.1, -0.05) is 41.9 Å². The molecule has 1 N–H and O–H groups in total. The molecule has 6 heterocycles. The van der Waals surface area contributed by atoms with Crippen molar-refractivity contribution in [2.75, 3.05) is 44.3 Å². The van der Waals surface area contributed by atoms with Crippen LogP contribution >= 0.6 is 11.6 Å². The molecule has 212 valence electrons. The Morgan fingerprint density at radius 1 is 1.07 bits per heavy atom. The first kappa shape index (κ1) is 25.6. The highest BCUT2D eigenvalue weighted by molar-refractivity contribution is 6.36. The summed E-state index contributed by atoms with van der Waals surface area (Å²) in [6.07, 6.45) is 6.32. The van der Waals surface area contributed by atoms with Gasteiger partial charge in [0.25, 0.3) is 0 Å². The predicted molar refractivity (Wildman–Crippen MR) is 157 cm³/mol. The highest BCUT2D eigenvalue weighted by atomic mass is 35.5. The van der Waals surface area contributed by atoms with Gasteiger partial charge in [-0.2, -0.15) is 9.97 Å². The summed E-state index contributed by atoms with van der Waals surface area (Å²) < 4.78 is 28.3. The third-order valence-corrected chi connectivity index (χ3v) is 9.42. The van der Waals surface area contributed by atoms with Crippen LogP contribution in [0.3, 0.4) is 0 Å². The van der Waals surface area contributed by atoms with Gasteiger partial charge < -0.3 is 19.7 Å². The Kier molecular flexibility index (Phi) is 6.43. The van der Waals surface area contributed by atoms with Crippen LogP contribution in [-0.2, 0) is 4.74 Å². The Morgan fingerprint density at radius 2 is 1.90 bits per heavy atom. The first-order valence-electron chi connectivity index (χ1n) is 14.6. The lowest BCUT2D eigenvalue weighted by Gasteiger charge is -2.34. The molecule has 41 heavy (non-hydrogen) atoms. The second-order valence-electron chi connectivity index (χ2n) is 11.7. The summed E-state index contributed by atoms with van der Waals surface area (Å²) in [7, 11) is 0. The fourth-order valence-corrected chi connectivity index (χ4v) is 7.45. The summed E-state index contributed by atoms with van der Waals surface area (Å²) in [5.41, 5.74) is 1.08. The third-order valence-electron chi connectivity index (χ3n) is 9.10. The molecule has 10 heteroatoms. The molecule has 0 amide bonds. The fourth-order valence-electron chi connectivity index (χ4n) is 7.16. The van der Waals surface area contributed by atoms with Gasteiger partial charge in [-0.15, -0.1) is 0 Å². The van der Waals surface area contributed by atoms with Gasteiger partial charge in [0.05, 0.1) is 24.7 Å². The number of fused-ring (bicyclic) bond motifs is 6. The van der Waals surface area contributed by atoms with Crippen molar-refractivity contribution in [3.8, 4) is 17.3 Å². The van der Waals surface area contributed by atoms with Crippen LogP contribution in [0.15, 0.2) is 42.6 Å². The van der Waals surface area contributed by atoms with Gasteiger partial charge in [-0.25, -0.2) is 4.39 Å². The van der Waals surface area contributed by atoms with Crippen molar-refractivity contribution in [3.05, 3.63) is 53.4 Å². The number of likely N-dealkylation sites (tertiary alicyclic amines) is 1. The minimum Gasteiger partial charge on any atom is -0.463 e. The number of hydrogen-bond donors (Lipinski definition) is 1. The lowest BCUT2D eigenvalue weighted by Crippen LogP contribution is -2.51. The molecule has 2 aromatic heterocycles. The average Bonchev–Trinajstić information content (AvgIpc) is 3.71. The molecule has 8 rings (SSSR count). The standard InChI is InChI=1S/C31H32ClFN6O2/c32-25-7-2-5-18-4-1-6-23(26(18)25)28-27(33)29-24(13-34-28)30(39-14-19-8-9-20(15-39)35-19)37-31(36-29)40-11-3-10-38-16-22-12-21(38)17-41-22/h1-2,4-7,13,19-22,35H,3,8-12,14-17H2/t19?,20?,21-,22-/m0/s1. The fraction of sp³-hybridized carbons (Fsp3) is 0.452. The first-order chi connectivity index (χ1) is 20.1. The summed E-state index contributed by atoms with van der Waals surface area (Å²) in [6.45, 7) is 4.84. The van der Waals surface area contributed by atoms with Crippen molar-refractivity contribution < 1.29 is 13.9 Å². The predicted octanol–water partition coefficient (Wildman–Crippen LogP) is 4.82. The van der Waals surface area contributed by atoms with Crippen LogP contribution in [0.4, 0.5) is 10.2 Å². The molecular formula is C31H32ClFN6O2. The van der Waals surface area contributed by atoms with Gasteiger partial charge in [0.2, 0.25) is 0 Å². The normalized spacial score (nSPS) is 25.6. The van der Waals surface area contributed by atoms with Crippen molar-refractivity contribution in [1.82, 2.24) is 25.2 Å². The van der Waals surface area contributed by atoms with Crippen molar-refractivity contribution in [2.24, 2.45) is 0 Å². The van der Waals surface area contributed by atoms with Gasteiger partial charge >= 0.3 is 6.01 Å². The summed E-state index contributed by atoms with van der Waals surface area (Å²) in [5.74, 6) is 0.195. The Bertz CT molecular complexity index is 1620. The van der Waals surface area contributed by atoms with E-state index >= 15 is 4.39 Å². The molecule has 2 unspecified atom stereocenters. The van der Waals surface area contributed by atoms with E-state index in [-0.39, 0.29) is 17.2 Å². The molecule has 0 aliphatic carbocycles. The second kappa shape index (κ2) is 10.3. The van der Waals surface area contributed by atoms with Crippen LogP contribution < -0.4 is 15.0 Å². The van der Waals surface area contributed by atoms with Crippen molar-refractivity contribution in [2.45, 2.75) is 49.9 Å². The van der Waals surface area contributed by atoms with Gasteiger partial charge in [-0.3, -0.25) is 9.88 Å². The van der Waals surface area contributed by atoms with E-state index in [0.29, 0.717) is 52.6 Å². The number of morpholine rings is 1. The zero-order valence-electron chi connectivity index (χ0n) is 22.7. The summed E-state index contributed by atoms with van der Waals surface area (Å²) in [5, 5.41) is 6.52. The van der Waals surface area contributed by atoms with E-state index in [1.165, 1.54) is 0 Å². The average molecular weight is 575 g/mol. The van der Waals surface area contributed by atoms with Crippen LogP contribution in [-0.4, -0.2) is 83.5 Å². The number of ether oxygens (including phenoxy) is 2. The molecule has 0 saturated carbocycles. The highest BCUT2D eigenvalue weighted by Gasteiger charge is 2.38. The van der Waals surface area contributed by atoms with E-state index in [2.05, 4.69) is 25.1 Å². The highest BCUT2D eigenvalue weighted by Crippen LogP contribution is 2.38. The summed E-state index contributed by atoms with van der Waals surface area (Å²) in [6, 6.07) is 12.9. The number of aromatic nitrogens is 3. The number of halogens is 2. The molecule has 4 saturated heterocycles. The molecule has 2 aromatic carbocycles. The maximum atomic E-state index is 16.5. The van der Waals surface area contributed by atoms with Crippen molar-refractivity contribution in [3.63, 3.8) is 0 Å². The van der Waals surface area contributed by atoms with Crippen molar-refractivity contribution in [1.29, 1.82) is 0 Å². The van der Waals surface area contributed by atoms with Crippen molar-refractivity contribution >= 4 is 39.1 Å². The molecule has 0 spiro atoms. The Balaban J connectivity index is 1.15. The molecule has 4 bridgehead atoms. The Morgan fingerprint density at radius 3 is 2.68 bits per heavy atom. The minimum atomic E-state index is -0.491. The van der Waals surface area contributed by atoms with E-state index in [4.69, 9.17) is 26.1 Å². The lowest BCUT2D eigenvalue weighted by molar-refractivity contribution is 0.0287. The number of piperazine rings is 1. The first-order valence-corrected chi connectivity index (χ1v) is 15.0. The lowest BCUT2D eigenvalue weighted by atomic mass is 10.0. The molecule has 4 aliphatic rings. The molecule has 4 atom stereocenters. The van der Waals surface area contributed by atoms with Gasteiger partial charge in [-0.05, 0) is 37.1 Å². The number of anilines is 1. The van der Waals surface area contributed by atoms with E-state index in [0.717, 1.165) is 69.2 Å². The molecule has 4 fully saturated rings. The van der Waals surface area contributed by atoms with Crippen LogP contribution in [0.2, 0.25) is 5.02 Å². The summed E-state index contributed by atoms with van der Waals surface area (Å²) >= 11 is 6.59. The maximum Gasteiger partial charge on any atom is 0.319 e. The number of pyridine rings is 1. The topological polar surface area (TPSA) is 75.6 Å². The van der Waals surface area contributed by atoms with Gasteiger partial charge in [0, 0.05) is 66.5 Å². The van der Waals surface area contributed by atoms with E-state index in [1.54, 1.807) is 6.20 Å². The number of benzene rings is 2. The van der Waals surface area contributed by atoms with E-state index in [1.807, 2.05) is 36.4 Å². The van der Waals surface area contributed by atoms with Crippen LogP contribution in [0.1, 0.15) is 25.7 Å². The van der Waals surface area contributed by atoms with Crippen LogP contribution in [0.5, 0.6) is 6.01 Å². The summed E-state index contributed by atoms with van der Waals surface area (Å²) in [4.78, 5) is 18.8. The molecular weight excluding hydrogens is 543 g/mol. The molecule has 4 aromatic rings. The van der Waals surface area contributed by atoms with Gasteiger partial charge in [0.1, 0.15) is 17.0 Å². The molecule has 8 nitrogen and oxygen atoms in total. The quantitative estimate of drug-likeness (QED) is 0.315.